The molecule has 25 heavy (non-hydrogen) atoms. The lowest BCUT2D eigenvalue weighted by molar-refractivity contribution is 0.257. The molecule has 0 fully saturated rings. The Hall–Kier alpha value is -3.08. The van der Waals surface area contributed by atoms with Crippen molar-refractivity contribution in [1.82, 2.24) is 9.55 Å². The highest BCUT2D eigenvalue weighted by atomic mass is 16.2. The number of urea groups is 1. The molecule has 0 saturated carbocycles. The molecule has 0 saturated heterocycles. The van der Waals surface area contributed by atoms with Crippen molar-refractivity contribution < 1.29 is 4.79 Å². The van der Waals surface area contributed by atoms with Crippen LogP contribution >= 0.6 is 0 Å². The Morgan fingerprint density at radius 3 is 2.88 bits per heavy atom. The minimum Gasteiger partial charge on any atom is -0.334 e. The highest BCUT2D eigenvalue weighted by Gasteiger charge is 2.24. The van der Waals surface area contributed by atoms with Crippen molar-refractivity contribution in [2.24, 2.45) is 7.05 Å². The van der Waals surface area contributed by atoms with Gasteiger partial charge in [-0.2, -0.15) is 0 Å². The van der Waals surface area contributed by atoms with E-state index in [0.717, 1.165) is 34.6 Å². The molecule has 1 aliphatic rings. The molecule has 1 aromatic heterocycles. The van der Waals surface area contributed by atoms with Gasteiger partial charge in [0, 0.05) is 30.5 Å². The second kappa shape index (κ2) is 6.09. The van der Waals surface area contributed by atoms with Gasteiger partial charge in [-0.05, 0) is 42.7 Å². The molecule has 126 valence electrons. The second-order valence-electron chi connectivity index (χ2n) is 6.43. The molecule has 5 heteroatoms. The number of hydrogen-bond acceptors (Lipinski definition) is 2. The fraction of sp³-hybridized carbons (Fsp3) is 0.200. The fourth-order valence-electron chi connectivity index (χ4n) is 3.28. The van der Waals surface area contributed by atoms with Gasteiger partial charge in [-0.1, -0.05) is 24.3 Å². The van der Waals surface area contributed by atoms with Crippen LogP contribution in [-0.2, 0) is 13.5 Å². The number of hydrogen-bond donors (Lipinski definition) is 1. The molecule has 2 amide bonds. The molecular weight excluding hydrogens is 312 g/mol. The number of nitrogens with zero attached hydrogens (tertiary/aromatic N) is 3. The summed E-state index contributed by atoms with van der Waals surface area (Å²) >= 11 is 0. The summed E-state index contributed by atoms with van der Waals surface area (Å²) in [6.45, 7) is 2.76. The van der Waals surface area contributed by atoms with Crippen LogP contribution in [0.25, 0.3) is 11.3 Å². The highest BCUT2D eigenvalue weighted by Crippen LogP contribution is 2.30. The predicted octanol–water partition coefficient (Wildman–Crippen LogP) is 3.99. The number of aromatic nitrogens is 2. The van der Waals surface area contributed by atoms with Crippen molar-refractivity contribution in [3.63, 3.8) is 0 Å². The fourth-order valence-corrected chi connectivity index (χ4v) is 3.28. The van der Waals surface area contributed by atoms with Crippen LogP contribution in [0.1, 0.15) is 11.1 Å². The SMILES string of the molecule is Cc1ccc2c(c1)N(C(=O)Nc1cccc(-c3cncn3C)c1)CC2. The smallest absolute Gasteiger partial charge is 0.326 e. The maximum Gasteiger partial charge on any atom is 0.326 e. The van der Waals surface area contributed by atoms with Gasteiger partial charge in [-0.15, -0.1) is 0 Å². The van der Waals surface area contributed by atoms with E-state index in [1.807, 2.05) is 53.9 Å². The normalized spacial score (nSPS) is 13.0. The van der Waals surface area contributed by atoms with Crippen LogP contribution in [0, 0.1) is 6.92 Å². The Bertz CT molecular complexity index is 944. The summed E-state index contributed by atoms with van der Waals surface area (Å²) in [5.74, 6) is 0. The van der Waals surface area contributed by atoms with Crippen molar-refractivity contribution >= 4 is 17.4 Å². The van der Waals surface area contributed by atoms with Crippen molar-refractivity contribution in [2.45, 2.75) is 13.3 Å². The van der Waals surface area contributed by atoms with Gasteiger partial charge in [0.1, 0.15) is 0 Å². The first kappa shape index (κ1) is 15.4. The number of carbonyl (C=O) groups excluding carboxylic acids is 1. The Kier molecular flexibility index (Phi) is 3.76. The van der Waals surface area contributed by atoms with Gasteiger partial charge in [0.2, 0.25) is 0 Å². The van der Waals surface area contributed by atoms with Crippen LogP contribution in [0.5, 0.6) is 0 Å². The maximum atomic E-state index is 12.8. The zero-order valence-corrected chi connectivity index (χ0v) is 14.4. The lowest BCUT2D eigenvalue weighted by Gasteiger charge is -2.19. The quantitative estimate of drug-likeness (QED) is 0.771. The number of fused-ring (bicyclic) bond motifs is 1. The third-order valence-electron chi connectivity index (χ3n) is 4.61. The van der Waals surface area contributed by atoms with Gasteiger partial charge in [-0.3, -0.25) is 4.90 Å². The van der Waals surface area contributed by atoms with Crippen LogP contribution in [-0.4, -0.2) is 22.1 Å². The van der Waals surface area contributed by atoms with E-state index in [1.165, 1.54) is 5.56 Å². The van der Waals surface area contributed by atoms with Crippen molar-refractivity contribution in [3.8, 4) is 11.3 Å². The summed E-state index contributed by atoms with van der Waals surface area (Å²) in [5, 5.41) is 3.02. The van der Waals surface area contributed by atoms with E-state index in [2.05, 4.69) is 28.5 Å². The molecule has 0 atom stereocenters. The van der Waals surface area contributed by atoms with Gasteiger partial charge in [0.05, 0.1) is 18.2 Å². The Balaban J connectivity index is 1.57. The molecule has 5 nitrogen and oxygen atoms in total. The minimum atomic E-state index is -0.0912. The van der Waals surface area contributed by atoms with Crippen LogP contribution < -0.4 is 10.2 Å². The maximum absolute atomic E-state index is 12.8. The molecule has 2 heterocycles. The van der Waals surface area contributed by atoms with E-state index in [-0.39, 0.29) is 6.03 Å². The van der Waals surface area contributed by atoms with Crippen LogP contribution in [0.15, 0.2) is 55.0 Å². The standard InChI is InChI=1S/C20H20N4O/c1-14-6-7-15-8-9-24(18(15)10-14)20(25)22-17-5-3-4-16(11-17)19-12-21-13-23(19)2/h3-7,10-13H,8-9H2,1-2H3,(H,22,25). The van der Waals surface area contributed by atoms with E-state index in [4.69, 9.17) is 0 Å². The first-order chi connectivity index (χ1) is 12.1. The molecule has 0 aliphatic carbocycles. The molecule has 1 N–H and O–H groups in total. The Labute approximate surface area is 146 Å². The zero-order valence-electron chi connectivity index (χ0n) is 14.4. The molecule has 1 aliphatic heterocycles. The van der Waals surface area contributed by atoms with Gasteiger partial charge >= 0.3 is 6.03 Å². The molecule has 0 spiro atoms. The number of nitrogens with one attached hydrogen (secondary N) is 1. The van der Waals surface area contributed by atoms with E-state index >= 15 is 0 Å². The number of imidazole rings is 1. The molecule has 2 aromatic carbocycles. The first-order valence-electron chi connectivity index (χ1n) is 8.36. The number of benzene rings is 2. The predicted molar refractivity (Wildman–Crippen MR) is 99.9 cm³/mol. The number of aryl methyl sites for hydroxylation is 2. The number of carbonyl (C=O) groups is 1. The van der Waals surface area contributed by atoms with Crippen molar-refractivity contribution in [3.05, 3.63) is 66.1 Å². The lowest BCUT2D eigenvalue weighted by Crippen LogP contribution is -2.33. The lowest BCUT2D eigenvalue weighted by atomic mass is 10.1. The van der Waals surface area contributed by atoms with E-state index in [0.29, 0.717) is 6.54 Å². The summed E-state index contributed by atoms with van der Waals surface area (Å²) in [7, 11) is 1.96. The third kappa shape index (κ3) is 2.89. The second-order valence-corrected chi connectivity index (χ2v) is 6.43. The van der Waals surface area contributed by atoms with Gasteiger partial charge in [-0.25, -0.2) is 9.78 Å². The summed E-state index contributed by atoms with van der Waals surface area (Å²) in [6, 6.07) is 14.0. The average Bonchev–Trinajstić information content (AvgIpc) is 3.20. The Morgan fingerprint density at radius 1 is 1.20 bits per heavy atom. The molecule has 4 rings (SSSR count). The van der Waals surface area contributed by atoms with Gasteiger partial charge in [0.25, 0.3) is 0 Å². The largest absolute Gasteiger partial charge is 0.334 e. The molecule has 0 unspecified atom stereocenters. The molecule has 0 bridgehead atoms. The van der Waals surface area contributed by atoms with E-state index in [9.17, 15) is 4.79 Å². The van der Waals surface area contributed by atoms with Crippen LogP contribution in [0.2, 0.25) is 0 Å². The summed E-state index contributed by atoms with van der Waals surface area (Å²) < 4.78 is 1.96. The molecular formula is C20H20N4O. The van der Waals surface area contributed by atoms with Crippen LogP contribution in [0.4, 0.5) is 16.2 Å². The zero-order chi connectivity index (χ0) is 17.4. The van der Waals surface area contributed by atoms with Crippen molar-refractivity contribution in [2.75, 3.05) is 16.8 Å². The number of amides is 2. The van der Waals surface area contributed by atoms with Gasteiger partial charge < -0.3 is 9.88 Å². The number of anilines is 2. The summed E-state index contributed by atoms with van der Waals surface area (Å²) in [6.07, 6.45) is 4.49. The highest BCUT2D eigenvalue weighted by molar-refractivity contribution is 6.03. The number of rotatable bonds is 2. The minimum absolute atomic E-state index is 0.0912. The third-order valence-corrected chi connectivity index (χ3v) is 4.61. The average molecular weight is 332 g/mol. The van der Waals surface area contributed by atoms with Crippen LogP contribution in [0.3, 0.4) is 0 Å². The summed E-state index contributed by atoms with van der Waals surface area (Å²) in [4.78, 5) is 18.7. The Morgan fingerprint density at radius 2 is 2.08 bits per heavy atom. The first-order valence-corrected chi connectivity index (χ1v) is 8.36. The monoisotopic (exact) mass is 332 g/mol. The van der Waals surface area contributed by atoms with Crippen molar-refractivity contribution in [1.29, 1.82) is 0 Å². The summed E-state index contributed by atoms with van der Waals surface area (Å²) in [5.41, 5.74) is 6.22. The molecule has 3 aromatic rings. The van der Waals surface area contributed by atoms with E-state index in [1.54, 1.807) is 6.33 Å². The topological polar surface area (TPSA) is 50.2 Å². The van der Waals surface area contributed by atoms with Gasteiger partial charge in [0.15, 0.2) is 0 Å². The molecule has 0 radical (unpaired) electrons. The van der Waals surface area contributed by atoms with E-state index < -0.39 is 0 Å².